The number of nitro benzene ring substituents is 1. The fraction of sp³-hybridized carbons (Fsp3) is 0.417. The fourth-order valence-corrected chi connectivity index (χ4v) is 3.73. The summed E-state index contributed by atoms with van der Waals surface area (Å²) in [7, 11) is 0. The molecular formula is C24H29N3O5. The topological polar surface area (TPSA) is 93.0 Å². The summed E-state index contributed by atoms with van der Waals surface area (Å²) < 4.78 is 4.94. The second-order valence-corrected chi connectivity index (χ2v) is 8.21. The molecule has 32 heavy (non-hydrogen) atoms. The Balaban J connectivity index is 1.65. The van der Waals surface area contributed by atoms with Gasteiger partial charge in [-0.1, -0.05) is 38.1 Å². The van der Waals surface area contributed by atoms with Crippen LogP contribution in [0.2, 0.25) is 0 Å². The Morgan fingerprint density at radius 2 is 1.66 bits per heavy atom. The first-order valence-corrected chi connectivity index (χ1v) is 10.9. The van der Waals surface area contributed by atoms with Crippen molar-refractivity contribution >= 4 is 17.6 Å². The molecule has 0 spiro atoms. The van der Waals surface area contributed by atoms with E-state index in [1.807, 2.05) is 0 Å². The molecule has 1 amide bonds. The third-order valence-electron chi connectivity index (χ3n) is 5.60. The zero-order chi connectivity index (χ0) is 23.3. The van der Waals surface area contributed by atoms with Crippen LogP contribution in [-0.4, -0.2) is 59.4 Å². The number of nitro groups is 1. The van der Waals surface area contributed by atoms with Gasteiger partial charge in [0.15, 0.2) is 0 Å². The van der Waals surface area contributed by atoms with Crippen molar-refractivity contribution in [1.29, 1.82) is 0 Å². The summed E-state index contributed by atoms with van der Waals surface area (Å²) in [5.41, 5.74) is 2.37. The van der Waals surface area contributed by atoms with Crippen LogP contribution in [0.4, 0.5) is 5.69 Å². The minimum absolute atomic E-state index is 0.00730. The number of amides is 1. The van der Waals surface area contributed by atoms with Crippen LogP contribution in [0.15, 0.2) is 42.5 Å². The first-order chi connectivity index (χ1) is 15.3. The van der Waals surface area contributed by atoms with E-state index >= 15 is 0 Å². The van der Waals surface area contributed by atoms with E-state index in [1.54, 1.807) is 11.8 Å². The number of hydrogen-bond acceptors (Lipinski definition) is 6. The maximum absolute atomic E-state index is 13.0. The minimum atomic E-state index is -0.682. The highest BCUT2D eigenvalue weighted by Gasteiger charge is 2.25. The van der Waals surface area contributed by atoms with E-state index in [0.717, 1.165) is 12.6 Å². The lowest BCUT2D eigenvalue weighted by Gasteiger charge is -2.34. The first kappa shape index (κ1) is 23.4. The first-order valence-electron chi connectivity index (χ1n) is 10.9. The van der Waals surface area contributed by atoms with Gasteiger partial charge in [-0.05, 0) is 30.0 Å². The molecule has 3 rings (SSSR count). The Morgan fingerprint density at radius 1 is 1.03 bits per heavy atom. The third kappa shape index (κ3) is 5.70. The smallest absolute Gasteiger partial charge is 0.338 e. The van der Waals surface area contributed by atoms with Crippen LogP contribution in [0.1, 0.15) is 58.5 Å². The molecule has 0 saturated carbocycles. The molecule has 0 bridgehead atoms. The lowest BCUT2D eigenvalue weighted by atomic mass is 10.0. The van der Waals surface area contributed by atoms with Crippen LogP contribution in [-0.2, 0) is 11.3 Å². The van der Waals surface area contributed by atoms with Gasteiger partial charge in [0.2, 0.25) is 0 Å². The number of carbonyl (C=O) groups is 2. The molecule has 2 aromatic rings. The maximum atomic E-state index is 13.0. The molecule has 1 fully saturated rings. The highest BCUT2D eigenvalue weighted by molar-refractivity contribution is 5.99. The molecule has 0 aromatic heterocycles. The van der Waals surface area contributed by atoms with Crippen molar-refractivity contribution in [3.8, 4) is 0 Å². The second-order valence-electron chi connectivity index (χ2n) is 8.21. The van der Waals surface area contributed by atoms with Crippen molar-refractivity contribution < 1.29 is 19.2 Å². The Bertz CT molecular complexity index is 980. The van der Waals surface area contributed by atoms with Crippen LogP contribution in [0, 0.1) is 10.1 Å². The van der Waals surface area contributed by atoms with Gasteiger partial charge in [0, 0.05) is 50.4 Å². The molecule has 1 aliphatic rings. The quantitative estimate of drug-likeness (QED) is 0.370. The lowest BCUT2D eigenvalue weighted by Crippen LogP contribution is -2.48. The predicted octanol–water partition coefficient (Wildman–Crippen LogP) is 3.85. The number of hydrogen-bond donors (Lipinski definition) is 0. The standard InChI is InChI=1S/C24H29N3O5/c1-4-32-24(29)21-13-20(14-22(15-21)27(30)31)23(28)26-11-9-25(10-12-26)16-18-5-7-19(8-6-18)17(2)3/h5-8,13-15,17H,4,9-12,16H2,1-3H3. The molecule has 8 nitrogen and oxygen atoms in total. The van der Waals surface area contributed by atoms with Crippen molar-refractivity contribution in [1.82, 2.24) is 9.80 Å². The summed E-state index contributed by atoms with van der Waals surface area (Å²) in [4.78, 5) is 39.7. The van der Waals surface area contributed by atoms with E-state index in [4.69, 9.17) is 4.74 Å². The van der Waals surface area contributed by atoms with Gasteiger partial charge in [0.25, 0.3) is 11.6 Å². The summed E-state index contributed by atoms with van der Waals surface area (Å²) in [5.74, 6) is -0.504. The SMILES string of the molecule is CCOC(=O)c1cc(C(=O)N2CCN(Cc3ccc(C(C)C)cc3)CC2)cc([N+](=O)[O-])c1. The highest BCUT2D eigenvalue weighted by atomic mass is 16.6. The largest absolute Gasteiger partial charge is 0.462 e. The van der Waals surface area contributed by atoms with E-state index in [1.165, 1.54) is 23.3 Å². The average molecular weight is 440 g/mol. The summed E-state index contributed by atoms with van der Waals surface area (Å²) in [5, 5.41) is 11.3. The molecule has 8 heteroatoms. The molecule has 2 aromatic carbocycles. The van der Waals surface area contributed by atoms with E-state index in [-0.39, 0.29) is 29.3 Å². The van der Waals surface area contributed by atoms with Crippen LogP contribution in [0.5, 0.6) is 0 Å². The molecule has 0 N–H and O–H groups in total. The molecule has 1 aliphatic heterocycles. The Morgan fingerprint density at radius 3 is 2.22 bits per heavy atom. The van der Waals surface area contributed by atoms with E-state index in [2.05, 4.69) is 43.0 Å². The van der Waals surface area contributed by atoms with Gasteiger partial charge in [-0.15, -0.1) is 0 Å². The number of non-ortho nitro benzene ring substituents is 1. The normalized spacial score (nSPS) is 14.4. The van der Waals surface area contributed by atoms with Crippen LogP contribution in [0.25, 0.3) is 0 Å². The summed E-state index contributed by atoms with van der Waals surface area (Å²) in [6.45, 7) is 9.39. The Labute approximate surface area is 187 Å². The Hall–Kier alpha value is -3.26. The van der Waals surface area contributed by atoms with Gasteiger partial charge in [-0.3, -0.25) is 19.8 Å². The molecule has 170 valence electrons. The zero-order valence-corrected chi connectivity index (χ0v) is 18.7. The zero-order valence-electron chi connectivity index (χ0n) is 18.7. The van der Waals surface area contributed by atoms with Gasteiger partial charge in [0.05, 0.1) is 17.1 Å². The average Bonchev–Trinajstić information content (AvgIpc) is 2.79. The van der Waals surface area contributed by atoms with E-state index < -0.39 is 10.9 Å². The van der Waals surface area contributed by atoms with E-state index in [9.17, 15) is 19.7 Å². The highest BCUT2D eigenvalue weighted by Crippen LogP contribution is 2.21. The summed E-state index contributed by atoms with van der Waals surface area (Å²) in [6, 6.07) is 12.3. The third-order valence-corrected chi connectivity index (χ3v) is 5.60. The minimum Gasteiger partial charge on any atom is -0.462 e. The van der Waals surface area contributed by atoms with Crippen LogP contribution < -0.4 is 0 Å². The monoisotopic (exact) mass is 439 g/mol. The number of nitrogens with zero attached hydrogens (tertiary/aromatic N) is 3. The number of esters is 1. The molecule has 1 saturated heterocycles. The molecule has 1 heterocycles. The van der Waals surface area contributed by atoms with E-state index in [0.29, 0.717) is 32.1 Å². The number of piperazine rings is 1. The van der Waals surface area contributed by atoms with Crippen molar-refractivity contribution in [2.75, 3.05) is 32.8 Å². The molecule has 0 aliphatic carbocycles. The summed E-state index contributed by atoms with van der Waals surface area (Å²) in [6.07, 6.45) is 0. The fourth-order valence-electron chi connectivity index (χ4n) is 3.73. The van der Waals surface area contributed by atoms with Gasteiger partial charge in [0.1, 0.15) is 0 Å². The van der Waals surface area contributed by atoms with Crippen molar-refractivity contribution in [3.05, 3.63) is 74.8 Å². The van der Waals surface area contributed by atoms with Crippen LogP contribution >= 0.6 is 0 Å². The molecular weight excluding hydrogens is 410 g/mol. The van der Waals surface area contributed by atoms with Gasteiger partial charge in [-0.2, -0.15) is 0 Å². The summed E-state index contributed by atoms with van der Waals surface area (Å²) >= 11 is 0. The van der Waals surface area contributed by atoms with Gasteiger partial charge in [-0.25, -0.2) is 4.79 Å². The predicted molar refractivity (Wildman–Crippen MR) is 121 cm³/mol. The number of carbonyl (C=O) groups excluding carboxylic acids is 2. The molecule has 0 radical (unpaired) electrons. The van der Waals surface area contributed by atoms with Gasteiger partial charge >= 0.3 is 5.97 Å². The van der Waals surface area contributed by atoms with Gasteiger partial charge < -0.3 is 9.64 Å². The molecule has 0 unspecified atom stereocenters. The second kappa shape index (κ2) is 10.4. The number of benzene rings is 2. The Kier molecular flexibility index (Phi) is 7.58. The van der Waals surface area contributed by atoms with Crippen LogP contribution in [0.3, 0.4) is 0 Å². The number of ether oxygens (including phenoxy) is 1. The van der Waals surface area contributed by atoms with Crippen molar-refractivity contribution in [2.24, 2.45) is 0 Å². The molecule has 0 atom stereocenters. The lowest BCUT2D eigenvalue weighted by molar-refractivity contribution is -0.384. The number of rotatable bonds is 7. The van der Waals surface area contributed by atoms with Crippen molar-refractivity contribution in [2.45, 2.75) is 33.2 Å². The maximum Gasteiger partial charge on any atom is 0.338 e. The van der Waals surface area contributed by atoms with Crippen molar-refractivity contribution in [3.63, 3.8) is 0 Å².